The van der Waals surface area contributed by atoms with Gasteiger partial charge in [0, 0.05) is 23.5 Å². The highest BCUT2D eigenvalue weighted by Gasteiger charge is 2.29. The zero-order valence-corrected chi connectivity index (χ0v) is 17.8. The third-order valence-corrected chi connectivity index (χ3v) is 6.59. The van der Waals surface area contributed by atoms with E-state index in [0.29, 0.717) is 18.8 Å². The molecule has 0 spiro atoms. The monoisotopic (exact) mass is 468 g/mol. The highest BCUT2D eigenvalue weighted by atomic mass is 35.5. The van der Waals surface area contributed by atoms with E-state index in [0.717, 1.165) is 42.8 Å². The number of benzene rings is 2. The Hall–Kier alpha value is -2.29. The summed E-state index contributed by atoms with van der Waals surface area (Å²) in [4.78, 5) is 3.21. The lowest BCUT2D eigenvalue weighted by Crippen LogP contribution is -2.05. The molecule has 2 aromatic heterocycles. The first-order valence-electron chi connectivity index (χ1n) is 8.97. The number of hydrogen-bond acceptors (Lipinski definition) is 4. The molecule has 0 unspecified atom stereocenters. The maximum atomic E-state index is 12.6. The van der Waals surface area contributed by atoms with Gasteiger partial charge in [0.05, 0.1) is 26.4 Å². The first kappa shape index (κ1) is 21.0. The van der Waals surface area contributed by atoms with E-state index in [9.17, 15) is 13.2 Å². The lowest BCUT2D eigenvalue weighted by atomic mass is 10.1. The Morgan fingerprint density at radius 1 is 1.07 bits per heavy atom. The van der Waals surface area contributed by atoms with Gasteiger partial charge < -0.3 is 14.4 Å². The first-order chi connectivity index (χ1) is 14.4. The van der Waals surface area contributed by atoms with Crippen LogP contribution in [0.1, 0.15) is 11.1 Å². The molecule has 0 radical (unpaired) electrons. The Morgan fingerprint density at radius 2 is 1.87 bits per heavy atom. The van der Waals surface area contributed by atoms with Gasteiger partial charge in [0.2, 0.25) is 0 Å². The summed E-state index contributed by atoms with van der Waals surface area (Å²) in [6.45, 7) is 0.368. The summed E-state index contributed by atoms with van der Waals surface area (Å²) in [6.07, 6.45) is -1.91. The number of rotatable bonds is 7. The Morgan fingerprint density at radius 3 is 2.57 bits per heavy atom. The predicted octanol–water partition coefficient (Wildman–Crippen LogP) is 7.64. The minimum atomic E-state index is -4.32. The van der Waals surface area contributed by atoms with Gasteiger partial charge in [-0.3, -0.25) is 0 Å². The number of alkyl halides is 3. The van der Waals surface area contributed by atoms with Gasteiger partial charge in [-0.05, 0) is 60.0 Å². The van der Waals surface area contributed by atoms with Crippen LogP contribution in [0.4, 0.5) is 18.9 Å². The molecule has 2 heterocycles. The van der Waals surface area contributed by atoms with Crippen molar-refractivity contribution in [2.24, 2.45) is 0 Å². The van der Waals surface area contributed by atoms with Gasteiger partial charge in [-0.1, -0.05) is 23.7 Å². The van der Waals surface area contributed by atoms with Crippen LogP contribution in [0, 0.1) is 0 Å². The number of thiophene rings is 1. The number of fused-ring (bicyclic) bond motifs is 1. The molecule has 0 atom stereocenters. The van der Waals surface area contributed by atoms with Gasteiger partial charge >= 0.3 is 6.18 Å². The minimum absolute atomic E-state index is 0.368. The van der Waals surface area contributed by atoms with E-state index in [1.165, 1.54) is 35.4 Å². The molecule has 4 rings (SSSR count). The van der Waals surface area contributed by atoms with Crippen molar-refractivity contribution in [1.29, 1.82) is 0 Å². The van der Waals surface area contributed by atoms with Crippen molar-refractivity contribution in [2.45, 2.75) is 16.8 Å². The molecule has 0 aliphatic heterocycles. The van der Waals surface area contributed by atoms with Crippen molar-refractivity contribution in [2.75, 3.05) is 11.3 Å². The SMILES string of the molecule is FC(F)(F)c1ccc(CCOc2ccc3[nH]cc(NSc4ccc(Cl)s4)c3c2)cc1. The van der Waals surface area contributed by atoms with Crippen LogP contribution in [0.2, 0.25) is 4.34 Å². The van der Waals surface area contributed by atoms with Crippen LogP contribution in [-0.2, 0) is 12.6 Å². The molecule has 2 aromatic carbocycles. The highest BCUT2D eigenvalue weighted by Crippen LogP contribution is 2.34. The Bertz CT molecular complexity index is 1140. The van der Waals surface area contributed by atoms with Crippen molar-refractivity contribution in [3.8, 4) is 5.75 Å². The second kappa shape index (κ2) is 8.83. The lowest BCUT2D eigenvalue weighted by molar-refractivity contribution is -0.137. The Labute approximate surface area is 184 Å². The molecule has 156 valence electrons. The lowest BCUT2D eigenvalue weighted by Gasteiger charge is -2.09. The van der Waals surface area contributed by atoms with Gasteiger partial charge in [-0.25, -0.2) is 0 Å². The molecular formula is C21H16ClF3N2OS2. The van der Waals surface area contributed by atoms with E-state index in [4.69, 9.17) is 16.3 Å². The maximum Gasteiger partial charge on any atom is 0.416 e. The van der Waals surface area contributed by atoms with Crippen LogP contribution in [0.3, 0.4) is 0 Å². The average molecular weight is 469 g/mol. The fraction of sp³-hybridized carbons (Fsp3) is 0.143. The standard InChI is InChI=1S/C21H16ClF3N2OS2/c22-19-7-8-20(29-19)30-27-18-12-26-17-6-5-15(11-16(17)18)28-10-9-13-1-3-14(4-2-13)21(23,24)25/h1-8,11-12,26-27H,9-10H2. The molecule has 30 heavy (non-hydrogen) atoms. The van der Waals surface area contributed by atoms with E-state index in [1.807, 2.05) is 36.5 Å². The number of halogens is 4. The normalized spacial score (nSPS) is 11.7. The van der Waals surface area contributed by atoms with Crippen molar-refractivity contribution in [1.82, 2.24) is 4.98 Å². The molecule has 0 aliphatic rings. The fourth-order valence-electron chi connectivity index (χ4n) is 2.88. The molecule has 0 bridgehead atoms. The third kappa shape index (κ3) is 5.06. The zero-order valence-electron chi connectivity index (χ0n) is 15.4. The molecule has 0 aliphatic carbocycles. The minimum Gasteiger partial charge on any atom is -0.493 e. The third-order valence-electron chi connectivity index (χ3n) is 4.40. The van der Waals surface area contributed by atoms with Gasteiger partial charge in [0.15, 0.2) is 0 Å². The van der Waals surface area contributed by atoms with Crippen molar-refractivity contribution >= 4 is 51.5 Å². The van der Waals surface area contributed by atoms with Gasteiger partial charge in [0.25, 0.3) is 0 Å². The summed E-state index contributed by atoms with van der Waals surface area (Å²) in [7, 11) is 0. The summed E-state index contributed by atoms with van der Waals surface area (Å²) in [5.41, 5.74) is 2.04. The Kier molecular flexibility index (Phi) is 6.17. The van der Waals surface area contributed by atoms with Crippen LogP contribution in [0.5, 0.6) is 5.75 Å². The highest BCUT2D eigenvalue weighted by molar-refractivity contribution is 8.02. The van der Waals surface area contributed by atoms with E-state index in [2.05, 4.69) is 9.71 Å². The van der Waals surface area contributed by atoms with Crippen LogP contribution >= 0.6 is 34.9 Å². The van der Waals surface area contributed by atoms with Crippen LogP contribution in [-0.4, -0.2) is 11.6 Å². The number of hydrogen-bond donors (Lipinski definition) is 2. The molecule has 9 heteroatoms. The van der Waals surface area contributed by atoms with Gasteiger partial charge in [0.1, 0.15) is 5.75 Å². The fourth-order valence-corrected chi connectivity index (χ4v) is 4.87. The molecule has 0 fully saturated rings. The molecule has 4 aromatic rings. The number of ether oxygens (including phenoxy) is 1. The maximum absolute atomic E-state index is 12.6. The van der Waals surface area contributed by atoms with E-state index in [-0.39, 0.29) is 0 Å². The quantitative estimate of drug-likeness (QED) is 0.273. The van der Waals surface area contributed by atoms with Crippen molar-refractivity contribution in [3.05, 3.63) is 76.3 Å². The number of aromatic nitrogens is 1. The number of aromatic amines is 1. The largest absolute Gasteiger partial charge is 0.493 e. The smallest absolute Gasteiger partial charge is 0.416 e. The summed E-state index contributed by atoms with van der Waals surface area (Å²) in [5, 5.41) is 0.984. The van der Waals surface area contributed by atoms with E-state index in [1.54, 1.807) is 0 Å². The van der Waals surface area contributed by atoms with Crippen molar-refractivity contribution < 1.29 is 17.9 Å². The molecule has 0 saturated carbocycles. The zero-order chi connectivity index (χ0) is 21.1. The number of anilines is 1. The predicted molar refractivity (Wildman–Crippen MR) is 118 cm³/mol. The molecule has 0 saturated heterocycles. The topological polar surface area (TPSA) is 37.0 Å². The number of H-pyrrole nitrogens is 1. The molecule has 0 amide bonds. The first-order valence-corrected chi connectivity index (χ1v) is 11.0. The van der Waals surface area contributed by atoms with Gasteiger partial charge in [-0.15, -0.1) is 11.3 Å². The molecule has 2 N–H and O–H groups in total. The van der Waals surface area contributed by atoms with E-state index < -0.39 is 11.7 Å². The second-order valence-electron chi connectivity index (χ2n) is 6.47. The van der Waals surface area contributed by atoms with E-state index >= 15 is 0 Å². The van der Waals surface area contributed by atoms with Crippen LogP contribution in [0.15, 0.2) is 65.0 Å². The average Bonchev–Trinajstić information content (AvgIpc) is 3.31. The van der Waals surface area contributed by atoms with Crippen LogP contribution < -0.4 is 9.46 Å². The summed E-state index contributed by atoms with van der Waals surface area (Å²) >= 11 is 8.94. The van der Waals surface area contributed by atoms with Crippen LogP contribution in [0.25, 0.3) is 10.9 Å². The number of nitrogens with one attached hydrogen (secondary N) is 2. The van der Waals surface area contributed by atoms with Crippen molar-refractivity contribution in [3.63, 3.8) is 0 Å². The molecular weight excluding hydrogens is 453 g/mol. The second-order valence-corrected chi connectivity index (χ2v) is 9.29. The van der Waals surface area contributed by atoms with Gasteiger partial charge in [-0.2, -0.15) is 13.2 Å². The summed E-state index contributed by atoms with van der Waals surface area (Å²) in [6, 6.07) is 14.7. The Balaban J connectivity index is 1.37. The summed E-state index contributed by atoms with van der Waals surface area (Å²) in [5.74, 6) is 0.696. The summed E-state index contributed by atoms with van der Waals surface area (Å²) < 4.78 is 48.8. The molecule has 3 nitrogen and oxygen atoms in total.